The van der Waals surface area contributed by atoms with Gasteiger partial charge in [-0.1, -0.05) is 0 Å². The van der Waals surface area contributed by atoms with Crippen LogP contribution in [-0.2, 0) is 16.9 Å². The van der Waals surface area contributed by atoms with E-state index in [0.29, 0.717) is 22.1 Å². The molecule has 0 aliphatic rings. The van der Waals surface area contributed by atoms with Gasteiger partial charge in [-0.15, -0.1) is 0 Å². The molecule has 1 N–H and O–H groups in total. The third kappa shape index (κ3) is 2.09. The van der Waals surface area contributed by atoms with Crippen molar-refractivity contribution in [3.8, 4) is 0 Å². The SMILES string of the molecule is O=C(O)C(F)(F)c1cscc1C(F)(F)F. The summed E-state index contributed by atoms with van der Waals surface area (Å²) in [6.45, 7) is 0. The predicted octanol–water partition coefficient (Wildman–Crippen LogP) is 2.94. The number of rotatable bonds is 2. The third-order valence-electron chi connectivity index (χ3n) is 1.57. The zero-order valence-corrected chi connectivity index (χ0v) is 7.62. The lowest BCUT2D eigenvalue weighted by molar-refractivity contribution is -0.169. The number of thiophene rings is 1. The molecule has 1 rings (SSSR count). The zero-order chi connectivity index (χ0) is 11.9. The second kappa shape index (κ2) is 3.44. The number of carbonyl (C=O) groups is 1. The van der Waals surface area contributed by atoms with Crippen LogP contribution in [0.1, 0.15) is 11.1 Å². The lowest BCUT2D eigenvalue weighted by Gasteiger charge is -2.13. The highest BCUT2D eigenvalue weighted by Gasteiger charge is 2.48. The zero-order valence-electron chi connectivity index (χ0n) is 6.81. The van der Waals surface area contributed by atoms with Gasteiger partial charge in [0.25, 0.3) is 0 Å². The Balaban J connectivity index is 3.28. The number of hydrogen-bond acceptors (Lipinski definition) is 2. The molecule has 0 fully saturated rings. The van der Waals surface area contributed by atoms with Crippen molar-refractivity contribution in [1.29, 1.82) is 0 Å². The molecule has 0 aliphatic carbocycles. The summed E-state index contributed by atoms with van der Waals surface area (Å²) in [5.74, 6) is -7.13. The molecule has 0 saturated carbocycles. The van der Waals surface area contributed by atoms with Crippen LogP contribution in [0.2, 0.25) is 0 Å². The summed E-state index contributed by atoms with van der Waals surface area (Å²) in [7, 11) is 0. The molecule has 1 aromatic rings. The van der Waals surface area contributed by atoms with Crippen molar-refractivity contribution in [1.82, 2.24) is 0 Å². The van der Waals surface area contributed by atoms with Crippen LogP contribution in [0, 0.1) is 0 Å². The van der Waals surface area contributed by atoms with Crippen LogP contribution in [-0.4, -0.2) is 11.1 Å². The topological polar surface area (TPSA) is 37.3 Å². The number of alkyl halides is 5. The number of hydrogen-bond donors (Lipinski definition) is 1. The van der Waals surface area contributed by atoms with Gasteiger partial charge >= 0.3 is 18.1 Å². The molecule has 0 bridgehead atoms. The van der Waals surface area contributed by atoms with Gasteiger partial charge in [0.2, 0.25) is 0 Å². The first-order valence-electron chi connectivity index (χ1n) is 3.42. The van der Waals surface area contributed by atoms with Crippen LogP contribution in [0.15, 0.2) is 10.8 Å². The van der Waals surface area contributed by atoms with Gasteiger partial charge in [-0.3, -0.25) is 0 Å². The largest absolute Gasteiger partial charge is 0.477 e. The summed E-state index contributed by atoms with van der Waals surface area (Å²) in [4.78, 5) is 10.1. The molecule has 0 atom stereocenters. The first-order valence-corrected chi connectivity index (χ1v) is 4.36. The number of carboxylic acids is 1. The molecular weight excluding hydrogens is 243 g/mol. The van der Waals surface area contributed by atoms with Crippen molar-refractivity contribution in [3.63, 3.8) is 0 Å². The highest BCUT2D eigenvalue weighted by Crippen LogP contribution is 2.41. The summed E-state index contributed by atoms with van der Waals surface area (Å²) < 4.78 is 62.1. The first kappa shape index (κ1) is 11.9. The van der Waals surface area contributed by atoms with Crippen LogP contribution in [0.25, 0.3) is 0 Å². The highest BCUT2D eigenvalue weighted by atomic mass is 32.1. The van der Waals surface area contributed by atoms with Gasteiger partial charge in [-0.25, -0.2) is 4.79 Å². The van der Waals surface area contributed by atoms with Gasteiger partial charge in [0.15, 0.2) is 0 Å². The molecule has 1 aromatic heterocycles. The monoisotopic (exact) mass is 246 g/mol. The fourth-order valence-corrected chi connectivity index (χ4v) is 1.75. The average molecular weight is 246 g/mol. The Morgan fingerprint density at radius 1 is 1.13 bits per heavy atom. The Hall–Kier alpha value is -1.18. The molecule has 2 nitrogen and oxygen atoms in total. The predicted molar refractivity (Wildman–Crippen MR) is 40.9 cm³/mol. The van der Waals surface area contributed by atoms with Gasteiger partial charge in [0, 0.05) is 10.8 Å². The molecule has 1 heterocycles. The van der Waals surface area contributed by atoms with Crippen molar-refractivity contribution >= 4 is 17.3 Å². The minimum absolute atomic E-state index is 0.374. The van der Waals surface area contributed by atoms with Crippen molar-refractivity contribution in [2.75, 3.05) is 0 Å². The highest BCUT2D eigenvalue weighted by molar-refractivity contribution is 7.08. The van der Waals surface area contributed by atoms with E-state index >= 15 is 0 Å². The summed E-state index contributed by atoms with van der Waals surface area (Å²) >= 11 is 0.374. The van der Waals surface area contributed by atoms with Crippen molar-refractivity contribution in [3.05, 3.63) is 21.9 Å². The van der Waals surface area contributed by atoms with Gasteiger partial charge in [0.05, 0.1) is 11.1 Å². The molecule has 0 spiro atoms. The summed E-state index contributed by atoms with van der Waals surface area (Å²) in [5, 5.41) is 9.02. The fraction of sp³-hybridized carbons (Fsp3) is 0.286. The molecular formula is C7H3F5O2S. The maximum Gasteiger partial charge on any atom is 0.417 e. The number of halogens is 5. The molecule has 0 saturated heterocycles. The van der Waals surface area contributed by atoms with Crippen molar-refractivity contribution < 1.29 is 31.9 Å². The summed E-state index contributed by atoms with van der Waals surface area (Å²) in [6.07, 6.45) is -4.98. The lowest BCUT2D eigenvalue weighted by Crippen LogP contribution is -2.27. The van der Waals surface area contributed by atoms with Crippen LogP contribution in [0.5, 0.6) is 0 Å². The van der Waals surface area contributed by atoms with Crippen molar-refractivity contribution in [2.45, 2.75) is 12.1 Å². The van der Waals surface area contributed by atoms with E-state index in [2.05, 4.69) is 0 Å². The maximum absolute atomic E-state index is 12.8. The van der Waals surface area contributed by atoms with Crippen LogP contribution < -0.4 is 0 Å². The Labute approximate surface area is 84.0 Å². The van der Waals surface area contributed by atoms with Gasteiger partial charge in [-0.05, 0) is 0 Å². The minimum Gasteiger partial charge on any atom is -0.477 e. The second-order valence-corrected chi connectivity index (χ2v) is 3.32. The summed E-state index contributed by atoms with van der Waals surface area (Å²) in [6, 6.07) is 0. The Kier molecular flexibility index (Phi) is 2.73. The Bertz CT molecular complexity index is 381. The number of aliphatic carboxylic acids is 1. The molecule has 0 radical (unpaired) electrons. The third-order valence-corrected chi connectivity index (χ3v) is 2.32. The standard InChI is InChI=1S/C7H3F5O2S/c8-6(9,5(13)14)3-1-15-2-4(3)7(10,11)12/h1-2H,(H,13,14). The number of carboxylic acid groups (broad SMARTS) is 1. The van der Waals surface area contributed by atoms with E-state index in [9.17, 15) is 26.7 Å². The molecule has 84 valence electrons. The quantitative estimate of drug-likeness (QED) is 0.814. The van der Waals surface area contributed by atoms with Gasteiger partial charge in [0.1, 0.15) is 0 Å². The van der Waals surface area contributed by atoms with E-state index < -0.39 is 29.2 Å². The normalized spacial score (nSPS) is 12.9. The minimum atomic E-state index is -4.98. The van der Waals surface area contributed by atoms with Gasteiger partial charge in [-0.2, -0.15) is 33.3 Å². The average Bonchev–Trinajstić information content (AvgIpc) is 2.49. The van der Waals surface area contributed by atoms with E-state index in [4.69, 9.17) is 5.11 Å². The van der Waals surface area contributed by atoms with E-state index in [1.807, 2.05) is 0 Å². The maximum atomic E-state index is 12.8. The molecule has 15 heavy (non-hydrogen) atoms. The van der Waals surface area contributed by atoms with Crippen LogP contribution >= 0.6 is 11.3 Å². The van der Waals surface area contributed by atoms with Gasteiger partial charge < -0.3 is 5.11 Å². The van der Waals surface area contributed by atoms with Crippen molar-refractivity contribution in [2.24, 2.45) is 0 Å². The Morgan fingerprint density at radius 3 is 2.00 bits per heavy atom. The van der Waals surface area contributed by atoms with E-state index in [0.717, 1.165) is 0 Å². The molecule has 0 amide bonds. The first-order chi connectivity index (χ1) is 6.67. The molecule has 0 aliphatic heterocycles. The molecule has 8 heteroatoms. The smallest absolute Gasteiger partial charge is 0.417 e. The van der Waals surface area contributed by atoms with E-state index in [-0.39, 0.29) is 0 Å². The van der Waals surface area contributed by atoms with Crippen LogP contribution in [0.3, 0.4) is 0 Å². The van der Waals surface area contributed by atoms with E-state index in [1.165, 1.54) is 0 Å². The molecule has 0 aromatic carbocycles. The second-order valence-electron chi connectivity index (χ2n) is 2.58. The summed E-state index contributed by atoms with van der Waals surface area (Å²) in [5.41, 5.74) is -3.13. The molecule has 0 unspecified atom stereocenters. The van der Waals surface area contributed by atoms with E-state index in [1.54, 1.807) is 0 Å². The van der Waals surface area contributed by atoms with Crippen LogP contribution in [0.4, 0.5) is 22.0 Å². The Morgan fingerprint density at radius 2 is 1.60 bits per heavy atom. The lowest BCUT2D eigenvalue weighted by atomic mass is 10.1. The fourth-order valence-electron chi connectivity index (χ4n) is 0.875.